The fourth-order valence-electron chi connectivity index (χ4n) is 3.29. The number of nitriles is 2. The van der Waals surface area contributed by atoms with E-state index < -0.39 is 0 Å². The lowest BCUT2D eigenvalue weighted by Gasteiger charge is -2.11. The number of aryl methyl sites for hydroxylation is 1. The fourth-order valence-corrected chi connectivity index (χ4v) is 4.99. The molecule has 4 aromatic rings. The SMILES string of the molecule is N#Cc1c(N)nc(SCCCn2c(=O)[nH]c3ccccc32)c(C#N)c1-c1cccs1. The molecular weight excluding hydrogens is 416 g/mol. The number of nitrogens with zero attached hydrogens (tertiary/aromatic N) is 4. The first-order valence-electron chi connectivity index (χ1n) is 9.12. The minimum atomic E-state index is -0.139. The van der Waals surface area contributed by atoms with Gasteiger partial charge in [0.05, 0.1) is 16.6 Å². The van der Waals surface area contributed by atoms with Crippen molar-refractivity contribution in [2.24, 2.45) is 0 Å². The van der Waals surface area contributed by atoms with Gasteiger partial charge >= 0.3 is 5.69 Å². The third-order valence-electron chi connectivity index (χ3n) is 4.63. The van der Waals surface area contributed by atoms with Gasteiger partial charge < -0.3 is 10.7 Å². The Labute approximate surface area is 180 Å². The van der Waals surface area contributed by atoms with Gasteiger partial charge in [0.15, 0.2) is 0 Å². The third kappa shape index (κ3) is 3.57. The monoisotopic (exact) mass is 432 g/mol. The molecule has 9 heteroatoms. The lowest BCUT2D eigenvalue weighted by atomic mass is 10.0. The Balaban J connectivity index is 1.57. The van der Waals surface area contributed by atoms with Crippen LogP contribution in [-0.4, -0.2) is 20.3 Å². The molecule has 0 fully saturated rings. The van der Waals surface area contributed by atoms with Crippen LogP contribution in [-0.2, 0) is 6.54 Å². The van der Waals surface area contributed by atoms with Crippen molar-refractivity contribution in [1.82, 2.24) is 14.5 Å². The van der Waals surface area contributed by atoms with E-state index in [1.807, 2.05) is 41.8 Å². The largest absolute Gasteiger partial charge is 0.383 e. The molecule has 0 spiro atoms. The molecule has 30 heavy (non-hydrogen) atoms. The molecule has 148 valence electrons. The Morgan fingerprint density at radius 2 is 1.97 bits per heavy atom. The topological polar surface area (TPSA) is 124 Å². The summed E-state index contributed by atoms with van der Waals surface area (Å²) in [7, 11) is 0. The Bertz CT molecular complexity index is 1360. The number of nitrogen functional groups attached to an aromatic ring is 1. The number of pyridine rings is 1. The summed E-state index contributed by atoms with van der Waals surface area (Å²) in [5.41, 5.74) is 8.69. The number of anilines is 1. The number of nitrogens with one attached hydrogen (secondary N) is 1. The number of thioether (sulfide) groups is 1. The maximum absolute atomic E-state index is 12.2. The fraction of sp³-hybridized carbons (Fsp3) is 0.143. The molecule has 0 aliphatic carbocycles. The van der Waals surface area contributed by atoms with Crippen LogP contribution >= 0.6 is 23.1 Å². The maximum Gasteiger partial charge on any atom is 0.326 e. The second-order valence-electron chi connectivity index (χ2n) is 6.43. The van der Waals surface area contributed by atoms with Crippen molar-refractivity contribution < 1.29 is 0 Å². The first kappa shape index (κ1) is 19.8. The van der Waals surface area contributed by atoms with Gasteiger partial charge in [-0.1, -0.05) is 18.2 Å². The van der Waals surface area contributed by atoms with Crippen LogP contribution in [0.15, 0.2) is 51.6 Å². The minimum absolute atomic E-state index is 0.121. The van der Waals surface area contributed by atoms with E-state index in [4.69, 9.17) is 5.73 Å². The highest BCUT2D eigenvalue weighted by molar-refractivity contribution is 7.99. The Morgan fingerprint density at radius 1 is 1.17 bits per heavy atom. The van der Waals surface area contributed by atoms with E-state index in [0.29, 0.717) is 34.9 Å². The van der Waals surface area contributed by atoms with Crippen LogP contribution in [0.3, 0.4) is 0 Å². The number of para-hydroxylation sites is 2. The van der Waals surface area contributed by atoms with Crippen molar-refractivity contribution in [2.75, 3.05) is 11.5 Å². The standard InChI is InChI=1S/C21H16N6OS2/c22-11-13-18(17-7-3-9-29-17)14(12-23)20(26-19(13)24)30-10-4-8-27-16-6-2-1-5-15(16)25-21(27)28/h1-3,5-7,9H,4,8,10H2,(H2,24,26)(H,25,28). The van der Waals surface area contributed by atoms with E-state index >= 15 is 0 Å². The van der Waals surface area contributed by atoms with Crippen LogP contribution in [0.25, 0.3) is 21.5 Å². The summed E-state index contributed by atoms with van der Waals surface area (Å²) in [6.45, 7) is 0.543. The summed E-state index contributed by atoms with van der Waals surface area (Å²) in [5.74, 6) is 0.762. The van der Waals surface area contributed by atoms with Crippen LogP contribution in [0.5, 0.6) is 0 Å². The van der Waals surface area contributed by atoms with Crippen LogP contribution in [0.2, 0.25) is 0 Å². The van der Waals surface area contributed by atoms with Gasteiger partial charge in [0, 0.05) is 22.7 Å². The molecule has 4 rings (SSSR count). The third-order valence-corrected chi connectivity index (χ3v) is 6.58. The summed E-state index contributed by atoms with van der Waals surface area (Å²) in [6, 6.07) is 15.6. The number of fused-ring (bicyclic) bond motifs is 1. The number of H-pyrrole nitrogens is 1. The van der Waals surface area contributed by atoms with Gasteiger partial charge in [0.1, 0.15) is 28.5 Å². The van der Waals surface area contributed by atoms with Crippen molar-refractivity contribution in [3.8, 4) is 22.6 Å². The molecule has 0 bridgehead atoms. The highest BCUT2D eigenvalue weighted by atomic mass is 32.2. The molecule has 7 nitrogen and oxygen atoms in total. The first-order valence-corrected chi connectivity index (χ1v) is 11.0. The summed E-state index contributed by atoms with van der Waals surface area (Å²) < 4.78 is 1.71. The zero-order valence-corrected chi connectivity index (χ0v) is 17.4. The van der Waals surface area contributed by atoms with Crippen molar-refractivity contribution >= 4 is 39.9 Å². The van der Waals surface area contributed by atoms with Crippen LogP contribution in [0.1, 0.15) is 17.5 Å². The average Bonchev–Trinajstić information content (AvgIpc) is 3.38. The number of benzene rings is 1. The minimum Gasteiger partial charge on any atom is -0.383 e. The second-order valence-corrected chi connectivity index (χ2v) is 8.46. The normalized spacial score (nSPS) is 10.7. The number of aromatic nitrogens is 3. The van der Waals surface area contributed by atoms with Crippen molar-refractivity contribution in [3.05, 3.63) is 63.4 Å². The first-order chi connectivity index (χ1) is 14.6. The summed E-state index contributed by atoms with van der Waals surface area (Å²) in [4.78, 5) is 20.2. The summed E-state index contributed by atoms with van der Waals surface area (Å²) in [6.07, 6.45) is 0.702. The van der Waals surface area contributed by atoms with E-state index in [2.05, 4.69) is 22.1 Å². The van der Waals surface area contributed by atoms with E-state index in [-0.39, 0.29) is 17.1 Å². The van der Waals surface area contributed by atoms with Crippen LogP contribution in [0.4, 0.5) is 5.82 Å². The molecule has 3 heterocycles. The Morgan fingerprint density at radius 3 is 2.70 bits per heavy atom. The van der Waals surface area contributed by atoms with Crippen LogP contribution < -0.4 is 11.4 Å². The molecule has 0 saturated heterocycles. The molecule has 3 N–H and O–H groups in total. The Hall–Kier alpha value is -3.53. The zero-order valence-electron chi connectivity index (χ0n) is 15.8. The molecule has 0 atom stereocenters. The molecular formula is C21H16N6OS2. The van der Waals surface area contributed by atoms with Crippen molar-refractivity contribution in [2.45, 2.75) is 18.0 Å². The molecule has 3 aromatic heterocycles. The number of aromatic amines is 1. The molecule has 1 aromatic carbocycles. The number of hydrogen-bond donors (Lipinski definition) is 2. The molecule has 0 unspecified atom stereocenters. The lowest BCUT2D eigenvalue weighted by molar-refractivity contribution is 0.679. The van der Waals surface area contributed by atoms with Gasteiger partial charge in [-0.05, 0) is 30.0 Å². The predicted octanol–water partition coefficient (Wildman–Crippen LogP) is 3.96. The van der Waals surface area contributed by atoms with E-state index in [1.165, 1.54) is 23.1 Å². The number of hydrogen-bond acceptors (Lipinski definition) is 7. The van der Waals surface area contributed by atoms with E-state index in [0.717, 1.165) is 15.9 Å². The predicted molar refractivity (Wildman–Crippen MR) is 119 cm³/mol. The highest BCUT2D eigenvalue weighted by Crippen LogP contribution is 2.37. The smallest absolute Gasteiger partial charge is 0.326 e. The van der Waals surface area contributed by atoms with Crippen molar-refractivity contribution in [3.63, 3.8) is 0 Å². The number of imidazole rings is 1. The lowest BCUT2D eigenvalue weighted by Crippen LogP contribution is -2.17. The van der Waals surface area contributed by atoms with E-state index in [9.17, 15) is 15.3 Å². The van der Waals surface area contributed by atoms with Gasteiger partial charge in [-0.3, -0.25) is 4.57 Å². The molecule has 0 saturated carbocycles. The highest BCUT2D eigenvalue weighted by Gasteiger charge is 2.21. The van der Waals surface area contributed by atoms with Crippen LogP contribution in [0, 0.1) is 22.7 Å². The van der Waals surface area contributed by atoms with Gasteiger partial charge in [0.25, 0.3) is 0 Å². The molecule has 0 aliphatic heterocycles. The summed E-state index contributed by atoms with van der Waals surface area (Å²) >= 11 is 2.85. The maximum atomic E-state index is 12.2. The van der Waals surface area contributed by atoms with Gasteiger partial charge in [-0.15, -0.1) is 23.1 Å². The molecule has 0 amide bonds. The number of thiophene rings is 1. The van der Waals surface area contributed by atoms with Gasteiger partial charge in [0.2, 0.25) is 0 Å². The quantitative estimate of drug-likeness (QED) is 0.351. The number of rotatable bonds is 6. The molecule has 0 radical (unpaired) electrons. The number of nitrogens with two attached hydrogens (primary N) is 1. The summed E-state index contributed by atoms with van der Waals surface area (Å²) in [5, 5.41) is 21.7. The van der Waals surface area contributed by atoms with Gasteiger partial charge in [-0.25, -0.2) is 9.78 Å². The zero-order chi connectivity index (χ0) is 21.1. The second kappa shape index (κ2) is 8.46. The Kier molecular flexibility index (Phi) is 5.57. The average molecular weight is 433 g/mol. The van der Waals surface area contributed by atoms with E-state index in [1.54, 1.807) is 4.57 Å². The van der Waals surface area contributed by atoms with Crippen molar-refractivity contribution in [1.29, 1.82) is 10.5 Å². The molecule has 0 aliphatic rings. The van der Waals surface area contributed by atoms with Gasteiger partial charge in [-0.2, -0.15) is 10.5 Å².